The summed E-state index contributed by atoms with van der Waals surface area (Å²) in [6.07, 6.45) is 5.77. The molecule has 8 heteroatoms. The van der Waals surface area contributed by atoms with E-state index in [1.807, 2.05) is 36.4 Å². The molecule has 0 radical (unpaired) electrons. The highest BCUT2D eigenvalue weighted by molar-refractivity contribution is 5.92. The molecule has 4 rings (SSSR count). The van der Waals surface area contributed by atoms with Crippen LogP contribution in [0.5, 0.6) is 5.88 Å². The first-order valence-corrected chi connectivity index (χ1v) is 11.7. The van der Waals surface area contributed by atoms with E-state index >= 15 is 0 Å². The van der Waals surface area contributed by atoms with Gasteiger partial charge in [-0.2, -0.15) is 0 Å². The fourth-order valence-corrected chi connectivity index (χ4v) is 3.88. The van der Waals surface area contributed by atoms with Crippen LogP contribution >= 0.6 is 0 Å². The number of carbonyl (C=O) groups excluding carboxylic acids is 1. The Morgan fingerprint density at radius 3 is 2.49 bits per heavy atom. The molecule has 37 heavy (non-hydrogen) atoms. The van der Waals surface area contributed by atoms with Gasteiger partial charge in [0, 0.05) is 30.7 Å². The van der Waals surface area contributed by atoms with Crippen LogP contribution in [-0.2, 0) is 23.6 Å². The number of nitrogens with one attached hydrogen (secondary N) is 1. The molecule has 2 N–H and O–H groups in total. The molecule has 0 saturated carbocycles. The Balaban J connectivity index is 1.43. The van der Waals surface area contributed by atoms with Gasteiger partial charge >= 0.3 is 0 Å². The lowest BCUT2D eigenvalue weighted by Crippen LogP contribution is -2.16. The van der Waals surface area contributed by atoms with Crippen molar-refractivity contribution in [2.45, 2.75) is 45.1 Å². The fraction of sp³-hybridized carbons (Fsp3) is 0.276. The number of allylic oxidation sites excluding steroid dienone is 1. The topological polar surface area (TPSA) is 84.3 Å². The Bertz CT molecular complexity index is 1420. The van der Waals surface area contributed by atoms with Crippen LogP contribution in [0.15, 0.2) is 54.4 Å². The molecule has 3 aromatic rings. The summed E-state index contributed by atoms with van der Waals surface area (Å²) in [5.41, 5.74) is 4.20. The van der Waals surface area contributed by atoms with Gasteiger partial charge in [0.1, 0.15) is 5.60 Å². The number of carbonyl (C=O) groups is 1. The van der Waals surface area contributed by atoms with Crippen molar-refractivity contribution in [2.75, 3.05) is 12.4 Å². The molecular weight excluding hydrogens is 476 g/mol. The van der Waals surface area contributed by atoms with E-state index in [-0.39, 0.29) is 23.9 Å². The maximum atomic E-state index is 13.9. The van der Waals surface area contributed by atoms with Crippen molar-refractivity contribution < 1.29 is 23.4 Å². The van der Waals surface area contributed by atoms with Crippen LogP contribution in [0.2, 0.25) is 0 Å². The number of alkyl halides is 2. The first kappa shape index (κ1) is 26.0. The monoisotopic (exact) mass is 503 g/mol. The van der Waals surface area contributed by atoms with Gasteiger partial charge in [-0.15, -0.1) is 0 Å². The number of aliphatic hydroxyl groups is 1. The lowest BCUT2D eigenvalue weighted by molar-refractivity contribution is -0.115. The number of halogens is 2. The van der Waals surface area contributed by atoms with Gasteiger partial charge in [0.05, 0.1) is 36.7 Å². The Kier molecular flexibility index (Phi) is 7.10. The summed E-state index contributed by atoms with van der Waals surface area (Å²) in [4.78, 5) is 21.0. The number of pyridine rings is 2. The average molecular weight is 504 g/mol. The molecule has 190 valence electrons. The van der Waals surface area contributed by atoms with Gasteiger partial charge in [-0.3, -0.25) is 9.78 Å². The second kappa shape index (κ2) is 10.1. The molecule has 1 aliphatic rings. The van der Waals surface area contributed by atoms with Gasteiger partial charge in [0.15, 0.2) is 0 Å². The van der Waals surface area contributed by atoms with E-state index in [4.69, 9.17) is 4.74 Å². The van der Waals surface area contributed by atoms with Crippen molar-refractivity contribution in [2.24, 2.45) is 0 Å². The van der Waals surface area contributed by atoms with Crippen molar-refractivity contribution in [1.29, 1.82) is 0 Å². The minimum Gasteiger partial charge on any atom is -0.481 e. The van der Waals surface area contributed by atoms with Crippen LogP contribution in [-0.4, -0.2) is 33.7 Å². The Morgan fingerprint density at radius 2 is 1.84 bits per heavy atom. The molecule has 0 unspecified atom stereocenters. The van der Waals surface area contributed by atoms with Crippen molar-refractivity contribution in [1.82, 2.24) is 9.97 Å². The first-order valence-electron chi connectivity index (χ1n) is 11.7. The lowest BCUT2D eigenvalue weighted by atomic mass is 10.0. The van der Waals surface area contributed by atoms with Gasteiger partial charge < -0.3 is 15.2 Å². The number of nitrogens with zero attached hydrogens (tertiary/aromatic N) is 2. The van der Waals surface area contributed by atoms with E-state index < -0.39 is 17.1 Å². The zero-order valence-electron chi connectivity index (χ0n) is 21.0. The molecule has 1 amide bonds. The van der Waals surface area contributed by atoms with E-state index in [2.05, 4.69) is 27.1 Å². The van der Waals surface area contributed by atoms with E-state index in [1.165, 1.54) is 19.4 Å². The summed E-state index contributed by atoms with van der Waals surface area (Å²) in [5, 5.41) is 12.4. The molecule has 1 aliphatic carbocycles. The quantitative estimate of drug-likeness (QED) is 0.454. The molecule has 2 heterocycles. The maximum absolute atomic E-state index is 13.9. The van der Waals surface area contributed by atoms with E-state index in [1.54, 1.807) is 20.0 Å². The third-order valence-electron chi connectivity index (χ3n) is 5.67. The van der Waals surface area contributed by atoms with Gasteiger partial charge in [-0.1, -0.05) is 36.1 Å². The zero-order valence-corrected chi connectivity index (χ0v) is 21.0. The third-order valence-corrected chi connectivity index (χ3v) is 5.67. The number of aromatic nitrogens is 2. The minimum absolute atomic E-state index is 0.0680. The largest absolute Gasteiger partial charge is 0.481 e. The van der Waals surface area contributed by atoms with Crippen LogP contribution in [0.4, 0.5) is 14.5 Å². The van der Waals surface area contributed by atoms with E-state index in [9.17, 15) is 18.7 Å². The molecular formula is C29H27F2N3O3. The van der Waals surface area contributed by atoms with Crippen LogP contribution in [0.25, 0.3) is 17.2 Å². The molecule has 0 saturated heterocycles. The molecule has 0 atom stereocenters. The molecule has 0 bridgehead atoms. The number of hydrogen-bond acceptors (Lipinski definition) is 5. The fourth-order valence-electron chi connectivity index (χ4n) is 3.88. The van der Waals surface area contributed by atoms with E-state index in [0.29, 0.717) is 6.42 Å². The highest BCUT2D eigenvalue weighted by atomic mass is 19.3. The van der Waals surface area contributed by atoms with Crippen molar-refractivity contribution in [3.05, 3.63) is 76.7 Å². The molecule has 1 aromatic carbocycles. The number of fused-ring (bicyclic) bond motifs is 1. The number of ether oxygens (including phenoxy) is 1. The maximum Gasteiger partial charge on any atom is 0.275 e. The van der Waals surface area contributed by atoms with Crippen molar-refractivity contribution in [3.63, 3.8) is 0 Å². The van der Waals surface area contributed by atoms with Gasteiger partial charge in [-0.25, -0.2) is 13.8 Å². The second-order valence-corrected chi connectivity index (χ2v) is 9.51. The summed E-state index contributed by atoms with van der Waals surface area (Å²) >= 11 is 0. The van der Waals surface area contributed by atoms with Gasteiger partial charge in [-0.05, 0) is 48.7 Å². The highest BCUT2D eigenvalue weighted by Crippen LogP contribution is 2.34. The first-order chi connectivity index (χ1) is 17.4. The Morgan fingerprint density at radius 1 is 1.11 bits per heavy atom. The number of methoxy groups -OCH3 is 1. The van der Waals surface area contributed by atoms with Gasteiger partial charge in [0.25, 0.3) is 5.92 Å². The summed E-state index contributed by atoms with van der Waals surface area (Å²) in [6, 6.07) is 10.7. The SMILES string of the molecule is COc1ncc(NC(=O)Cc2ccc(-c3cnc4c(c3)C=C(C#CC(C)(C)O)C4)cc2)cc1C(C)(F)F. The summed E-state index contributed by atoms with van der Waals surface area (Å²) in [5.74, 6) is 2.15. The second-order valence-electron chi connectivity index (χ2n) is 9.51. The average Bonchev–Trinajstić information content (AvgIpc) is 3.24. The van der Waals surface area contributed by atoms with E-state index in [0.717, 1.165) is 40.4 Å². The van der Waals surface area contributed by atoms with Gasteiger partial charge in [0.2, 0.25) is 11.8 Å². The van der Waals surface area contributed by atoms with Crippen LogP contribution in [0, 0.1) is 11.8 Å². The molecule has 0 aliphatic heterocycles. The number of hydrogen-bond donors (Lipinski definition) is 2. The minimum atomic E-state index is -3.16. The van der Waals surface area contributed by atoms with Crippen molar-refractivity contribution in [3.8, 4) is 28.8 Å². The predicted octanol–water partition coefficient (Wildman–Crippen LogP) is 5.16. The number of anilines is 1. The molecule has 6 nitrogen and oxygen atoms in total. The Hall–Kier alpha value is -4.09. The zero-order chi connectivity index (χ0) is 26.8. The van der Waals surface area contributed by atoms with Crippen molar-refractivity contribution >= 4 is 17.7 Å². The molecule has 0 spiro atoms. The summed E-state index contributed by atoms with van der Waals surface area (Å²) in [6.45, 7) is 4.04. The third kappa shape index (κ3) is 6.57. The summed E-state index contributed by atoms with van der Waals surface area (Å²) < 4.78 is 32.6. The predicted molar refractivity (Wildman–Crippen MR) is 138 cm³/mol. The van der Waals surface area contributed by atoms with Crippen LogP contribution in [0.3, 0.4) is 0 Å². The number of amides is 1. The molecule has 0 fully saturated rings. The lowest BCUT2D eigenvalue weighted by Gasteiger charge is -2.15. The van der Waals surface area contributed by atoms with Crippen LogP contribution in [0.1, 0.15) is 43.2 Å². The highest BCUT2D eigenvalue weighted by Gasteiger charge is 2.30. The smallest absolute Gasteiger partial charge is 0.275 e. The Labute approximate surface area is 214 Å². The standard InChI is InChI=1S/C29H27F2N3O3/c1-28(2,36)10-9-19-11-21-14-22(16-32-25(21)12-19)20-7-5-18(6-8-20)13-26(35)34-23-15-24(29(3,30)31)27(37-4)33-17-23/h5-8,11,14-17,36H,12-13H2,1-4H3,(H,34,35). The normalized spacial score (nSPS) is 12.8. The number of benzene rings is 1. The van der Waals surface area contributed by atoms with Crippen LogP contribution < -0.4 is 10.1 Å². The summed E-state index contributed by atoms with van der Waals surface area (Å²) in [7, 11) is 1.26. The molecule has 2 aromatic heterocycles. The number of rotatable bonds is 6.